The van der Waals surface area contributed by atoms with Crippen LogP contribution < -0.4 is 5.32 Å². The minimum atomic E-state index is 0.475. The van der Waals surface area contributed by atoms with E-state index in [0.717, 1.165) is 18.7 Å². The van der Waals surface area contributed by atoms with Crippen molar-refractivity contribution in [2.45, 2.75) is 39.4 Å². The number of nitrogens with zero attached hydrogens (tertiary/aromatic N) is 3. The van der Waals surface area contributed by atoms with Gasteiger partial charge in [0, 0.05) is 30.7 Å². The molecule has 5 heteroatoms. The monoisotopic (exact) mass is 286 g/mol. The average Bonchev–Trinajstić information content (AvgIpc) is 2.92. The first kappa shape index (κ1) is 14.2. The summed E-state index contributed by atoms with van der Waals surface area (Å²) >= 11 is 0. The molecule has 3 rings (SSSR count). The highest BCUT2D eigenvalue weighted by Crippen LogP contribution is 2.20. The Bertz CT molecular complexity index is 583. The van der Waals surface area contributed by atoms with E-state index in [0.29, 0.717) is 30.4 Å². The summed E-state index contributed by atoms with van der Waals surface area (Å²) in [5, 5.41) is 11.8. The second kappa shape index (κ2) is 5.95. The highest BCUT2D eigenvalue weighted by molar-refractivity contribution is 5.52. The summed E-state index contributed by atoms with van der Waals surface area (Å²) < 4.78 is 5.82. The molecule has 0 saturated carbocycles. The maximum Gasteiger partial charge on any atom is 0.247 e. The molecule has 2 aromatic rings. The molecule has 0 bridgehead atoms. The fourth-order valence-electron chi connectivity index (χ4n) is 2.77. The molecule has 0 spiro atoms. The summed E-state index contributed by atoms with van der Waals surface area (Å²) in [5.41, 5.74) is 2.20. The van der Waals surface area contributed by atoms with Crippen molar-refractivity contribution in [1.82, 2.24) is 20.4 Å². The van der Waals surface area contributed by atoms with Crippen LogP contribution in [0.1, 0.15) is 25.3 Å². The molecule has 0 radical (unpaired) electrons. The number of piperazine rings is 1. The van der Waals surface area contributed by atoms with E-state index in [2.05, 4.69) is 53.3 Å². The van der Waals surface area contributed by atoms with E-state index in [9.17, 15) is 0 Å². The number of aromatic nitrogens is 2. The van der Waals surface area contributed by atoms with Crippen molar-refractivity contribution in [3.8, 4) is 11.5 Å². The Hall–Kier alpha value is -1.72. The van der Waals surface area contributed by atoms with Crippen molar-refractivity contribution < 1.29 is 4.42 Å². The Morgan fingerprint density at radius 1 is 1.14 bits per heavy atom. The lowest BCUT2D eigenvalue weighted by molar-refractivity contribution is 0.0979. The van der Waals surface area contributed by atoms with E-state index in [-0.39, 0.29) is 0 Å². The van der Waals surface area contributed by atoms with Gasteiger partial charge in [0.1, 0.15) is 0 Å². The van der Waals surface area contributed by atoms with Gasteiger partial charge in [0.25, 0.3) is 0 Å². The van der Waals surface area contributed by atoms with Crippen molar-refractivity contribution >= 4 is 0 Å². The molecule has 5 nitrogen and oxygen atoms in total. The quantitative estimate of drug-likeness (QED) is 0.937. The Balaban J connectivity index is 1.74. The Kier molecular flexibility index (Phi) is 4.03. The smallest absolute Gasteiger partial charge is 0.247 e. The summed E-state index contributed by atoms with van der Waals surface area (Å²) in [5.74, 6) is 1.28. The van der Waals surface area contributed by atoms with E-state index < -0.39 is 0 Å². The number of hydrogen-bond acceptors (Lipinski definition) is 5. The van der Waals surface area contributed by atoms with E-state index in [1.165, 1.54) is 5.56 Å². The third-order valence-electron chi connectivity index (χ3n) is 4.10. The molecular formula is C16H22N4O. The van der Waals surface area contributed by atoms with Crippen molar-refractivity contribution in [2.75, 3.05) is 13.1 Å². The molecule has 21 heavy (non-hydrogen) atoms. The zero-order valence-corrected chi connectivity index (χ0v) is 12.8. The molecule has 2 unspecified atom stereocenters. The van der Waals surface area contributed by atoms with Crippen LogP contribution in [0, 0.1) is 6.92 Å². The molecule has 1 fully saturated rings. The van der Waals surface area contributed by atoms with Gasteiger partial charge in [0.05, 0.1) is 6.54 Å². The van der Waals surface area contributed by atoms with Crippen LogP contribution in [0.15, 0.2) is 28.7 Å². The van der Waals surface area contributed by atoms with Gasteiger partial charge in [0.15, 0.2) is 0 Å². The van der Waals surface area contributed by atoms with Crippen LogP contribution in [0.25, 0.3) is 11.5 Å². The Morgan fingerprint density at radius 2 is 1.81 bits per heavy atom. The van der Waals surface area contributed by atoms with Crippen LogP contribution in [0.2, 0.25) is 0 Å². The molecule has 0 aliphatic carbocycles. The molecule has 1 aromatic carbocycles. The lowest BCUT2D eigenvalue weighted by atomic mass is 10.1. The van der Waals surface area contributed by atoms with Gasteiger partial charge in [-0.2, -0.15) is 0 Å². The molecule has 112 valence electrons. The maximum atomic E-state index is 5.82. The largest absolute Gasteiger partial charge is 0.419 e. The number of nitrogens with one attached hydrogen (secondary N) is 1. The van der Waals surface area contributed by atoms with E-state index >= 15 is 0 Å². The third kappa shape index (κ3) is 3.14. The van der Waals surface area contributed by atoms with Gasteiger partial charge in [-0.1, -0.05) is 17.7 Å². The first-order valence-corrected chi connectivity index (χ1v) is 7.49. The van der Waals surface area contributed by atoms with E-state index in [1.54, 1.807) is 0 Å². The van der Waals surface area contributed by atoms with Gasteiger partial charge < -0.3 is 9.73 Å². The standard InChI is InChI=1S/C16H22N4O/c1-11-4-6-14(7-5-11)16-19-18-15(21-16)10-20-12(2)8-17-9-13(20)3/h4-7,12-13,17H,8-10H2,1-3H3. The van der Waals surface area contributed by atoms with E-state index in [1.807, 2.05) is 12.1 Å². The number of rotatable bonds is 3. The highest BCUT2D eigenvalue weighted by atomic mass is 16.4. The van der Waals surface area contributed by atoms with Crippen molar-refractivity contribution in [3.05, 3.63) is 35.7 Å². The van der Waals surface area contributed by atoms with E-state index in [4.69, 9.17) is 4.42 Å². The molecule has 0 amide bonds. The van der Waals surface area contributed by atoms with Gasteiger partial charge in [-0.05, 0) is 32.9 Å². The molecule has 1 saturated heterocycles. The summed E-state index contributed by atoms with van der Waals surface area (Å²) in [7, 11) is 0. The van der Waals surface area contributed by atoms with Gasteiger partial charge >= 0.3 is 0 Å². The molecule has 1 aliphatic rings. The number of benzene rings is 1. The highest BCUT2D eigenvalue weighted by Gasteiger charge is 2.26. The van der Waals surface area contributed by atoms with Gasteiger partial charge in [-0.3, -0.25) is 4.90 Å². The normalized spacial score (nSPS) is 23.4. The third-order valence-corrected chi connectivity index (χ3v) is 4.10. The Morgan fingerprint density at radius 3 is 2.48 bits per heavy atom. The predicted molar refractivity (Wildman–Crippen MR) is 81.8 cm³/mol. The van der Waals surface area contributed by atoms with Crippen molar-refractivity contribution in [1.29, 1.82) is 0 Å². The van der Waals surface area contributed by atoms with Crippen LogP contribution in [-0.2, 0) is 6.54 Å². The van der Waals surface area contributed by atoms with Gasteiger partial charge in [0.2, 0.25) is 11.8 Å². The second-order valence-electron chi connectivity index (χ2n) is 5.90. The molecular weight excluding hydrogens is 264 g/mol. The number of aryl methyl sites for hydroxylation is 1. The van der Waals surface area contributed by atoms with Gasteiger partial charge in [-0.25, -0.2) is 0 Å². The minimum absolute atomic E-state index is 0.475. The topological polar surface area (TPSA) is 54.2 Å². The summed E-state index contributed by atoms with van der Waals surface area (Å²) in [6.07, 6.45) is 0. The summed E-state index contributed by atoms with van der Waals surface area (Å²) in [6, 6.07) is 9.09. The summed E-state index contributed by atoms with van der Waals surface area (Å²) in [6.45, 7) is 9.23. The average molecular weight is 286 g/mol. The summed E-state index contributed by atoms with van der Waals surface area (Å²) in [4.78, 5) is 2.41. The van der Waals surface area contributed by atoms with Gasteiger partial charge in [-0.15, -0.1) is 10.2 Å². The molecule has 2 atom stereocenters. The van der Waals surface area contributed by atoms with Crippen LogP contribution in [0.3, 0.4) is 0 Å². The minimum Gasteiger partial charge on any atom is -0.419 e. The lowest BCUT2D eigenvalue weighted by Crippen LogP contribution is -2.54. The van der Waals surface area contributed by atoms with Crippen molar-refractivity contribution in [3.63, 3.8) is 0 Å². The fourth-order valence-corrected chi connectivity index (χ4v) is 2.77. The molecule has 1 aliphatic heterocycles. The molecule has 1 aromatic heterocycles. The predicted octanol–water partition coefficient (Wildman–Crippen LogP) is 2.23. The Labute approximate surface area is 125 Å². The molecule has 2 heterocycles. The zero-order chi connectivity index (χ0) is 14.8. The lowest BCUT2D eigenvalue weighted by Gasteiger charge is -2.38. The SMILES string of the molecule is Cc1ccc(-c2nnc(CN3C(C)CNCC3C)o2)cc1. The van der Waals surface area contributed by atoms with Crippen molar-refractivity contribution in [2.24, 2.45) is 0 Å². The molecule has 1 N–H and O–H groups in total. The second-order valence-corrected chi connectivity index (χ2v) is 5.90. The van der Waals surface area contributed by atoms with Crippen LogP contribution >= 0.6 is 0 Å². The van der Waals surface area contributed by atoms with Crippen LogP contribution in [-0.4, -0.2) is 40.3 Å². The fraction of sp³-hybridized carbons (Fsp3) is 0.500. The first-order valence-electron chi connectivity index (χ1n) is 7.49. The maximum absolute atomic E-state index is 5.82. The first-order chi connectivity index (χ1) is 10.1. The van der Waals surface area contributed by atoms with Crippen LogP contribution in [0.4, 0.5) is 0 Å². The number of hydrogen-bond donors (Lipinski definition) is 1. The zero-order valence-electron chi connectivity index (χ0n) is 12.8. The van der Waals surface area contributed by atoms with Crippen LogP contribution in [0.5, 0.6) is 0 Å².